The van der Waals surface area contributed by atoms with E-state index in [4.69, 9.17) is 0 Å². The molecule has 0 bridgehead atoms. The first-order chi connectivity index (χ1) is 8.76. The molecule has 4 nitrogen and oxygen atoms in total. The zero-order valence-corrected chi connectivity index (χ0v) is 11.8. The summed E-state index contributed by atoms with van der Waals surface area (Å²) in [6.45, 7) is 5.05. The van der Waals surface area contributed by atoms with E-state index in [1.807, 2.05) is 7.05 Å². The molecular formula is C13H18N4S. The fourth-order valence-electron chi connectivity index (χ4n) is 1.86. The van der Waals surface area contributed by atoms with Crippen molar-refractivity contribution in [1.82, 2.24) is 9.97 Å². The van der Waals surface area contributed by atoms with Crippen molar-refractivity contribution in [3.05, 3.63) is 33.8 Å². The summed E-state index contributed by atoms with van der Waals surface area (Å²) in [6, 6.07) is 0. The summed E-state index contributed by atoms with van der Waals surface area (Å²) < 4.78 is 0. The number of nitrogens with one attached hydrogen (secondary N) is 2. The highest BCUT2D eigenvalue weighted by atomic mass is 32.1. The van der Waals surface area contributed by atoms with Gasteiger partial charge in [-0.05, 0) is 35.2 Å². The van der Waals surface area contributed by atoms with E-state index >= 15 is 0 Å². The first-order valence-electron chi connectivity index (χ1n) is 6.03. The average Bonchev–Trinajstić information content (AvgIpc) is 2.81. The Balaban J connectivity index is 2.16. The van der Waals surface area contributed by atoms with Crippen LogP contribution >= 0.6 is 11.3 Å². The molecule has 5 heteroatoms. The molecule has 0 unspecified atom stereocenters. The minimum atomic E-state index is 0.808. The Kier molecular flexibility index (Phi) is 4.15. The second-order valence-corrected chi connectivity index (χ2v) is 4.83. The minimum absolute atomic E-state index is 0.808. The molecule has 2 aromatic heterocycles. The van der Waals surface area contributed by atoms with Crippen molar-refractivity contribution in [2.75, 3.05) is 17.7 Å². The van der Waals surface area contributed by atoms with Gasteiger partial charge in [0.25, 0.3) is 0 Å². The molecule has 0 saturated heterocycles. The topological polar surface area (TPSA) is 49.8 Å². The zero-order valence-electron chi connectivity index (χ0n) is 10.9. The molecule has 18 heavy (non-hydrogen) atoms. The van der Waals surface area contributed by atoms with Crippen molar-refractivity contribution in [3.63, 3.8) is 0 Å². The highest BCUT2D eigenvalue weighted by Crippen LogP contribution is 2.21. The maximum atomic E-state index is 4.33. The Morgan fingerprint density at radius 3 is 2.61 bits per heavy atom. The standard InChI is InChI=1S/C13H18N4S/c1-4-11-12(14-3)16-8-17-13(11)15-5-10-7-18-6-9(10)2/h6-8H,4-5H2,1-3H3,(H2,14,15,16,17). The van der Waals surface area contributed by atoms with Gasteiger partial charge in [-0.2, -0.15) is 11.3 Å². The van der Waals surface area contributed by atoms with Crippen LogP contribution in [0.1, 0.15) is 23.6 Å². The van der Waals surface area contributed by atoms with E-state index in [0.717, 1.165) is 30.2 Å². The molecule has 0 aliphatic heterocycles. The molecule has 0 amide bonds. The van der Waals surface area contributed by atoms with Gasteiger partial charge in [0, 0.05) is 19.2 Å². The van der Waals surface area contributed by atoms with Crippen LogP contribution in [0, 0.1) is 6.92 Å². The van der Waals surface area contributed by atoms with Crippen molar-refractivity contribution in [2.45, 2.75) is 26.8 Å². The third kappa shape index (κ3) is 2.61. The number of aryl methyl sites for hydroxylation is 1. The molecule has 0 saturated carbocycles. The van der Waals surface area contributed by atoms with Gasteiger partial charge in [0.05, 0.1) is 0 Å². The monoisotopic (exact) mass is 262 g/mol. The van der Waals surface area contributed by atoms with Crippen molar-refractivity contribution in [2.24, 2.45) is 0 Å². The van der Waals surface area contributed by atoms with Crippen molar-refractivity contribution >= 4 is 23.0 Å². The molecule has 2 rings (SSSR count). The second kappa shape index (κ2) is 5.82. The SMILES string of the molecule is CCc1c(NC)ncnc1NCc1cscc1C. The van der Waals surface area contributed by atoms with Crippen molar-refractivity contribution in [1.29, 1.82) is 0 Å². The van der Waals surface area contributed by atoms with E-state index in [-0.39, 0.29) is 0 Å². The van der Waals surface area contributed by atoms with E-state index in [1.165, 1.54) is 11.1 Å². The Labute approximate surface area is 111 Å². The number of hydrogen-bond donors (Lipinski definition) is 2. The number of hydrogen-bond acceptors (Lipinski definition) is 5. The number of nitrogens with zero attached hydrogens (tertiary/aromatic N) is 2. The Bertz CT molecular complexity index is 521. The van der Waals surface area contributed by atoms with Crippen LogP contribution in [0.25, 0.3) is 0 Å². The van der Waals surface area contributed by atoms with Crippen LogP contribution in [-0.4, -0.2) is 17.0 Å². The Morgan fingerprint density at radius 1 is 1.22 bits per heavy atom. The van der Waals surface area contributed by atoms with Gasteiger partial charge in [0.15, 0.2) is 0 Å². The predicted octanol–water partition coefficient (Wildman–Crippen LogP) is 3.06. The third-order valence-electron chi connectivity index (χ3n) is 2.94. The first kappa shape index (κ1) is 12.8. The van der Waals surface area contributed by atoms with Gasteiger partial charge in [0.1, 0.15) is 18.0 Å². The summed E-state index contributed by atoms with van der Waals surface area (Å²) in [7, 11) is 1.88. The summed E-state index contributed by atoms with van der Waals surface area (Å²) in [6.07, 6.45) is 2.50. The van der Waals surface area contributed by atoms with Gasteiger partial charge < -0.3 is 10.6 Å². The lowest BCUT2D eigenvalue weighted by Crippen LogP contribution is -2.08. The van der Waals surface area contributed by atoms with E-state index in [9.17, 15) is 0 Å². The van der Waals surface area contributed by atoms with Gasteiger partial charge in [-0.1, -0.05) is 6.92 Å². The third-order valence-corrected chi connectivity index (χ3v) is 3.85. The van der Waals surface area contributed by atoms with Gasteiger partial charge in [-0.15, -0.1) is 0 Å². The van der Waals surface area contributed by atoms with Crippen molar-refractivity contribution in [3.8, 4) is 0 Å². The summed E-state index contributed by atoms with van der Waals surface area (Å²) in [4.78, 5) is 8.56. The van der Waals surface area contributed by atoms with Crippen LogP contribution in [0.2, 0.25) is 0 Å². The van der Waals surface area contributed by atoms with Crippen LogP contribution in [0.3, 0.4) is 0 Å². The number of aromatic nitrogens is 2. The van der Waals surface area contributed by atoms with E-state index in [0.29, 0.717) is 0 Å². The quantitative estimate of drug-likeness (QED) is 0.869. The van der Waals surface area contributed by atoms with Crippen LogP contribution in [0.5, 0.6) is 0 Å². The van der Waals surface area contributed by atoms with E-state index < -0.39 is 0 Å². The summed E-state index contributed by atoms with van der Waals surface area (Å²) in [5, 5.41) is 10.8. The predicted molar refractivity (Wildman–Crippen MR) is 77.3 cm³/mol. The van der Waals surface area contributed by atoms with Gasteiger partial charge in [-0.3, -0.25) is 0 Å². The highest BCUT2D eigenvalue weighted by molar-refractivity contribution is 7.08. The number of anilines is 2. The lowest BCUT2D eigenvalue weighted by Gasteiger charge is -2.12. The van der Waals surface area contributed by atoms with Crippen LogP contribution in [-0.2, 0) is 13.0 Å². The molecule has 0 spiro atoms. The summed E-state index contributed by atoms with van der Waals surface area (Å²) in [5.74, 6) is 1.82. The molecule has 0 radical (unpaired) electrons. The van der Waals surface area contributed by atoms with Crippen LogP contribution < -0.4 is 10.6 Å². The number of thiophene rings is 1. The summed E-state index contributed by atoms with van der Waals surface area (Å²) >= 11 is 1.73. The van der Waals surface area contributed by atoms with E-state index in [2.05, 4.69) is 45.2 Å². The average molecular weight is 262 g/mol. The van der Waals surface area contributed by atoms with Crippen LogP contribution in [0.15, 0.2) is 17.1 Å². The molecule has 2 heterocycles. The lowest BCUT2D eigenvalue weighted by molar-refractivity contribution is 1.01. The lowest BCUT2D eigenvalue weighted by atomic mass is 10.2. The molecule has 0 aliphatic carbocycles. The molecular weight excluding hydrogens is 244 g/mol. The highest BCUT2D eigenvalue weighted by Gasteiger charge is 2.08. The normalized spacial score (nSPS) is 10.4. The Morgan fingerprint density at radius 2 is 2.00 bits per heavy atom. The molecule has 0 atom stereocenters. The maximum Gasteiger partial charge on any atom is 0.134 e. The molecule has 96 valence electrons. The second-order valence-electron chi connectivity index (χ2n) is 4.09. The van der Waals surface area contributed by atoms with Crippen LogP contribution in [0.4, 0.5) is 11.6 Å². The fraction of sp³-hybridized carbons (Fsp3) is 0.385. The minimum Gasteiger partial charge on any atom is -0.373 e. The zero-order chi connectivity index (χ0) is 13.0. The smallest absolute Gasteiger partial charge is 0.134 e. The summed E-state index contributed by atoms with van der Waals surface area (Å²) in [5.41, 5.74) is 3.79. The molecule has 2 N–H and O–H groups in total. The molecule has 2 aromatic rings. The largest absolute Gasteiger partial charge is 0.373 e. The van der Waals surface area contributed by atoms with Gasteiger partial charge in [0.2, 0.25) is 0 Å². The molecule has 0 aliphatic rings. The number of rotatable bonds is 5. The van der Waals surface area contributed by atoms with Crippen molar-refractivity contribution < 1.29 is 0 Å². The maximum absolute atomic E-state index is 4.33. The van der Waals surface area contributed by atoms with Gasteiger partial charge in [-0.25, -0.2) is 9.97 Å². The molecule has 0 fully saturated rings. The Hall–Kier alpha value is -1.62. The molecule has 0 aromatic carbocycles. The first-order valence-corrected chi connectivity index (χ1v) is 6.97. The fourth-order valence-corrected chi connectivity index (χ4v) is 2.72. The van der Waals surface area contributed by atoms with Gasteiger partial charge >= 0.3 is 0 Å². The van der Waals surface area contributed by atoms with E-state index in [1.54, 1.807) is 17.7 Å².